The summed E-state index contributed by atoms with van der Waals surface area (Å²) in [6.07, 6.45) is 0. The highest BCUT2D eigenvalue weighted by Crippen LogP contribution is 2.49. The van der Waals surface area contributed by atoms with Gasteiger partial charge < -0.3 is 4.57 Å². The Morgan fingerprint density at radius 3 is 1.69 bits per heavy atom. The standard InChI is InChI=1S/C48H34N4/c1-48(2)41-22-11-9-20-37(41)39-29-33(24-26-42(39)48)34-25-27-44-40(30-34)38-21-10-12-23-43(38)52(44)36-19-13-18-35(28-36)47-50-45(31-14-5-3-6-15-31)49-46(51-47)32-16-7-4-8-17-32/h3-30H,1-2H3. The van der Waals surface area contributed by atoms with E-state index in [1.54, 1.807) is 0 Å². The molecule has 1 aliphatic rings. The number of benzene rings is 7. The fourth-order valence-corrected chi connectivity index (χ4v) is 8.05. The van der Waals surface area contributed by atoms with Crippen LogP contribution in [-0.4, -0.2) is 19.5 Å². The van der Waals surface area contributed by atoms with Gasteiger partial charge in [-0.05, 0) is 69.8 Å². The van der Waals surface area contributed by atoms with Crippen LogP contribution in [0.3, 0.4) is 0 Å². The summed E-state index contributed by atoms with van der Waals surface area (Å²) in [6, 6.07) is 60.2. The Hall–Kier alpha value is -6.65. The summed E-state index contributed by atoms with van der Waals surface area (Å²) in [7, 11) is 0. The van der Waals surface area contributed by atoms with E-state index in [2.05, 4.69) is 128 Å². The van der Waals surface area contributed by atoms with Crippen LogP contribution in [0.2, 0.25) is 0 Å². The van der Waals surface area contributed by atoms with E-state index in [-0.39, 0.29) is 5.41 Å². The molecule has 1 aliphatic carbocycles. The number of rotatable bonds is 5. The average Bonchev–Trinajstić information content (AvgIpc) is 3.66. The summed E-state index contributed by atoms with van der Waals surface area (Å²) in [6.45, 7) is 4.66. The lowest BCUT2D eigenvalue weighted by Crippen LogP contribution is -2.14. The molecular weight excluding hydrogens is 633 g/mol. The van der Waals surface area contributed by atoms with Crippen molar-refractivity contribution in [3.8, 4) is 62.1 Å². The van der Waals surface area contributed by atoms with E-state index in [0.29, 0.717) is 17.5 Å². The highest BCUT2D eigenvalue weighted by atomic mass is 15.0. The molecule has 0 saturated heterocycles. The fraction of sp³-hybridized carbons (Fsp3) is 0.0625. The predicted molar refractivity (Wildman–Crippen MR) is 213 cm³/mol. The molecule has 0 bridgehead atoms. The second-order valence-corrected chi connectivity index (χ2v) is 14.1. The first-order valence-electron chi connectivity index (χ1n) is 17.8. The topological polar surface area (TPSA) is 43.6 Å². The maximum absolute atomic E-state index is 5.01. The molecule has 7 aromatic carbocycles. The number of nitrogens with zero attached hydrogens (tertiary/aromatic N) is 4. The number of fused-ring (bicyclic) bond motifs is 6. The van der Waals surface area contributed by atoms with Gasteiger partial charge in [0.1, 0.15) is 0 Å². The van der Waals surface area contributed by atoms with Crippen LogP contribution in [0.15, 0.2) is 170 Å². The van der Waals surface area contributed by atoms with Crippen LogP contribution in [0.5, 0.6) is 0 Å². The molecule has 0 radical (unpaired) electrons. The van der Waals surface area contributed by atoms with Crippen molar-refractivity contribution in [2.45, 2.75) is 19.3 Å². The van der Waals surface area contributed by atoms with Gasteiger partial charge in [-0.15, -0.1) is 0 Å². The van der Waals surface area contributed by atoms with Gasteiger partial charge in [0.2, 0.25) is 0 Å². The van der Waals surface area contributed by atoms with E-state index in [9.17, 15) is 0 Å². The lowest BCUT2D eigenvalue weighted by atomic mass is 9.82. The lowest BCUT2D eigenvalue weighted by Gasteiger charge is -2.21. The van der Waals surface area contributed by atoms with Crippen molar-refractivity contribution < 1.29 is 0 Å². The highest BCUT2D eigenvalue weighted by Gasteiger charge is 2.35. The summed E-state index contributed by atoms with van der Waals surface area (Å²) in [4.78, 5) is 14.9. The number of aromatic nitrogens is 4. The van der Waals surface area contributed by atoms with Gasteiger partial charge in [-0.3, -0.25) is 0 Å². The SMILES string of the molecule is CC1(C)c2ccccc2-c2cc(-c3ccc4c(c3)c3ccccc3n4-c3cccc(-c4nc(-c5ccccc5)nc(-c5ccccc5)n4)c3)ccc21. The summed E-state index contributed by atoms with van der Waals surface area (Å²) in [5.41, 5.74) is 14.1. The minimum Gasteiger partial charge on any atom is -0.309 e. The molecule has 0 amide bonds. The third-order valence-electron chi connectivity index (χ3n) is 10.7. The van der Waals surface area contributed by atoms with Crippen LogP contribution >= 0.6 is 0 Å². The molecule has 0 spiro atoms. The van der Waals surface area contributed by atoms with E-state index in [1.165, 1.54) is 44.2 Å². The van der Waals surface area contributed by atoms with Crippen molar-refractivity contribution >= 4 is 21.8 Å². The monoisotopic (exact) mass is 666 g/mol. The molecule has 2 heterocycles. The second kappa shape index (κ2) is 11.7. The molecule has 246 valence electrons. The molecule has 9 aromatic rings. The van der Waals surface area contributed by atoms with Gasteiger partial charge in [0.25, 0.3) is 0 Å². The zero-order chi connectivity index (χ0) is 34.8. The summed E-state index contributed by atoms with van der Waals surface area (Å²) in [5.74, 6) is 1.94. The van der Waals surface area contributed by atoms with Gasteiger partial charge >= 0.3 is 0 Å². The zero-order valence-electron chi connectivity index (χ0n) is 29.0. The number of hydrogen-bond acceptors (Lipinski definition) is 3. The Bertz CT molecular complexity index is 2760. The molecule has 0 N–H and O–H groups in total. The van der Waals surface area contributed by atoms with Gasteiger partial charge in [-0.1, -0.05) is 147 Å². The molecule has 10 rings (SSSR count). The second-order valence-electron chi connectivity index (χ2n) is 14.1. The molecule has 2 aromatic heterocycles. The average molecular weight is 667 g/mol. The van der Waals surface area contributed by atoms with Crippen LogP contribution in [0.1, 0.15) is 25.0 Å². The minimum atomic E-state index is -0.0100. The third-order valence-corrected chi connectivity index (χ3v) is 10.7. The maximum atomic E-state index is 5.01. The molecule has 52 heavy (non-hydrogen) atoms. The summed E-state index contributed by atoms with van der Waals surface area (Å²) in [5, 5.41) is 2.44. The normalized spacial score (nSPS) is 13.0. The van der Waals surface area contributed by atoms with Gasteiger partial charge in [-0.25, -0.2) is 15.0 Å². The van der Waals surface area contributed by atoms with E-state index in [1.807, 2.05) is 60.7 Å². The quantitative estimate of drug-likeness (QED) is 0.184. The van der Waals surface area contributed by atoms with E-state index in [0.717, 1.165) is 33.4 Å². The van der Waals surface area contributed by atoms with Crippen molar-refractivity contribution in [1.29, 1.82) is 0 Å². The number of hydrogen-bond donors (Lipinski definition) is 0. The smallest absolute Gasteiger partial charge is 0.164 e. The first kappa shape index (κ1) is 30.2. The first-order valence-corrected chi connectivity index (χ1v) is 17.8. The van der Waals surface area contributed by atoms with Gasteiger partial charge in [-0.2, -0.15) is 0 Å². The molecule has 4 nitrogen and oxygen atoms in total. The van der Waals surface area contributed by atoms with E-state index in [4.69, 9.17) is 15.0 Å². The largest absolute Gasteiger partial charge is 0.309 e. The van der Waals surface area contributed by atoms with Crippen molar-refractivity contribution in [1.82, 2.24) is 19.5 Å². The Kier molecular flexibility index (Phi) is 6.80. The number of para-hydroxylation sites is 1. The summed E-state index contributed by atoms with van der Waals surface area (Å²) < 4.78 is 2.36. The molecule has 4 heteroatoms. The molecule has 0 aliphatic heterocycles. The Labute approximate surface area is 302 Å². The van der Waals surface area contributed by atoms with Crippen LogP contribution < -0.4 is 0 Å². The predicted octanol–water partition coefficient (Wildman–Crippen LogP) is 11.9. The zero-order valence-corrected chi connectivity index (χ0v) is 29.0. The van der Waals surface area contributed by atoms with Crippen molar-refractivity contribution in [3.63, 3.8) is 0 Å². The molecule has 0 unspecified atom stereocenters. The van der Waals surface area contributed by atoms with Gasteiger partial charge in [0.15, 0.2) is 17.5 Å². The molecule has 0 atom stereocenters. The highest BCUT2D eigenvalue weighted by molar-refractivity contribution is 6.10. The fourth-order valence-electron chi connectivity index (χ4n) is 8.05. The Morgan fingerprint density at radius 2 is 0.942 bits per heavy atom. The van der Waals surface area contributed by atoms with Crippen LogP contribution in [0, 0.1) is 0 Å². The maximum Gasteiger partial charge on any atom is 0.164 e. The van der Waals surface area contributed by atoms with Crippen molar-refractivity contribution in [3.05, 3.63) is 181 Å². The molecule has 0 fully saturated rings. The van der Waals surface area contributed by atoms with E-state index < -0.39 is 0 Å². The van der Waals surface area contributed by atoms with E-state index >= 15 is 0 Å². The van der Waals surface area contributed by atoms with Gasteiger partial charge in [0.05, 0.1) is 11.0 Å². The van der Waals surface area contributed by atoms with Crippen LogP contribution in [0.4, 0.5) is 0 Å². The molecule has 0 saturated carbocycles. The van der Waals surface area contributed by atoms with Crippen LogP contribution in [0.25, 0.3) is 83.9 Å². The van der Waals surface area contributed by atoms with Crippen LogP contribution in [-0.2, 0) is 5.41 Å². The van der Waals surface area contributed by atoms with Gasteiger partial charge in [0, 0.05) is 38.6 Å². The Morgan fingerprint density at radius 1 is 0.385 bits per heavy atom. The van der Waals surface area contributed by atoms with Crippen molar-refractivity contribution in [2.75, 3.05) is 0 Å². The first-order chi connectivity index (χ1) is 25.5. The summed E-state index contributed by atoms with van der Waals surface area (Å²) >= 11 is 0. The molecular formula is C48H34N4. The Balaban J connectivity index is 1.11. The lowest BCUT2D eigenvalue weighted by molar-refractivity contribution is 0.660. The van der Waals surface area contributed by atoms with Crippen molar-refractivity contribution in [2.24, 2.45) is 0 Å². The minimum absolute atomic E-state index is 0.0100. The third kappa shape index (κ3) is 4.79.